The molecule has 0 radical (unpaired) electrons. The van der Waals surface area contributed by atoms with Gasteiger partial charge in [-0.05, 0) is 36.1 Å². The highest BCUT2D eigenvalue weighted by atomic mass is 16.6. The van der Waals surface area contributed by atoms with Crippen LogP contribution in [0.4, 0.5) is 0 Å². The van der Waals surface area contributed by atoms with Crippen LogP contribution in [0.25, 0.3) is 0 Å². The Morgan fingerprint density at radius 3 is 1.88 bits per heavy atom. The van der Waals surface area contributed by atoms with E-state index in [9.17, 15) is 19.8 Å². The molecule has 0 amide bonds. The molecule has 0 fully saturated rings. The fraction of sp³-hybridized carbons (Fsp3) is 0.300. The number of fused-ring (bicyclic) bond motifs is 4. The minimum absolute atomic E-state index is 0.0163. The first-order chi connectivity index (χ1) is 12.4. The normalized spacial score (nSPS) is 20.5. The van der Waals surface area contributed by atoms with E-state index in [1.807, 2.05) is 13.8 Å². The summed E-state index contributed by atoms with van der Waals surface area (Å²) < 4.78 is 10.7. The summed E-state index contributed by atoms with van der Waals surface area (Å²) in [4.78, 5) is 25.2. The van der Waals surface area contributed by atoms with E-state index in [1.165, 1.54) is 12.1 Å². The van der Waals surface area contributed by atoms with Gasteiger partial charge < -0.3 is 19.7 Å². The molecule has 2 N–H and O–H groups in total. The van der Waals surface area contributed by atoms with Gasteiger partial charge in [0.25, 0.3) is 0 Å². The van der Waals surface area contributed by atoms with E-state index >= 15 is 0 Å². The third-order valence-electron chi connectivity index (χ3n) is 5.23. The van der Waals surface area contributed by atoms with Crippen LogP contribution in [0.2, 0.25) is 0 Å². The molecular formula is C20H18O6. The summed E-state index contributed by atoms with van der Waals surface area (Å²) in [5.41, 5.74) is 1.04. The van der Waals surface area contributed by atoms with Crippen molar-refractivity contribution >= 4 is 11.9 Å². The lowest BCUT2D eigenvalue weighted by molar-refractivity contribution is -0.145. The van der Waals surface area contributed by atoms with Gasteiger partial charge in [-0.2, -0.15) is 0 Å². The molecule has 2 aromatic carbocycles. The van der Waals surface area contributed by atoms with Crippen LogP contribution in [-0.4, -0.2) is 22.2 Å². The monoisotopic (exact) mass is 354 g/mol. The second-order valence-corrected chi connectivity index (χ2v) is 6.61. The average molecular weight is 354 g/mol. The van der Waals surface area contributed by atoms with Crippen molar-refractivity contribution in [3.05, 3.63) is 46.5 Å². The number of aromatic hydroxyl groups is 2. The van der Waals surface area contributed by atoms with Crippen LogP contribution in [0.1, 0.15) is 42.5 Å². The van der Waals surface area contributed by atoms with E-state index in [0.29, 0.717) is 35.1 Å². The summed E-state index contributed by atoms with van der Waals surface area (Å²) in [6, 6.07) is 6.21. The molecule has 6 nitrogen and oxygen atoms in total. The number of hydrogen-bond acceptors (Lipinski definition) is 6. The second-order valence-electron chi connectivity index (χ2n) is 6.61. The Bertz CT molecular complexity index is 961. The number of carbonyl (C=O) groups excluding carboxylic acids is 2. The Labute approximate surface area is 150 Å². The van der Waals surface area contributed by atoms with Crippen LogP contribution in [0.5, 0.6) is 23.0 Å². The molecule has 26 heavy (non-hydrogen) atoms. The number of hydrogen-bond donors (Lipinski definition) is 2. The number of rotatable bonds is 2. The summed E-state index contributed by atoms with van der Waals surface area (Å²) in [6.07, 6.45) is 0.936. The number of benzene rings is 2. The number of phenolic OH excluding ortho intramolecular Hbond substituents is 2. The number of aryl methyl sites for hydroxylation is 2. The maximum Gasteiger partial charge on any atom is 0.327 e. The summed E-state index contributed by atoms with van der Waals surface area (Å²) in [5.74, 6) is -0.677. The van der Waals surface area contributed by atoms with E-state index in [0.717, 1.165) is 0 Å². The van der Waals surface area contributed by atoms with Crippen molar-refractivity contribution in [3.8, 4) is 23.0 Å². The van der Waals surface area contributed by atoms with Crippen LogP contribution in [0.3, 0.4) is 0 Å². The first-order valence-electron chi connectivity index (χ1n) is 8.56. The molecule has 6 heteroatoms. The van der Waals surface area contributed by atoms with Gasteiger partial charge in [0, 0.05) is 23.3 Å². The first-order valence-corrected chi connectivity index (χ1v) is 8.56. The van der Waals surface area contributed by atoms with Crippen molar-refractivity contribution in [3.63, 3.8) is 0 Å². The van der Waals surface area contributed by atoms with Crippen molar-refractivity contribution in [1.29, 1.82) is 0 Å². The van der Waals surface area contributed by atoms with E-state index in [4.69, 9.17) is 9.47 Å². The third kappa shape index (κ3) is 2.05. The van der Waals surface area contributed by atoms with Gasteiger partial charge >= 0.3 is 11.9 Å². The van der Waals surface area contributed by atoms with Gasteiger partial charge in [-0.1, -0.05) is 13.8 Å². The molecule has 0 saturated heterocycles. The van der Waals surface area contributed by atoms with Gasteiger partial charge in [0.05, 0.1) is 6.42 Å². The van der Waals surface area contributed by atoms with Crippen LogP contribution in [0.15, 0.2) is 24.3 Å². The fourth-order valence-corrected chi connectivity index (χ4v) is 3.82. The zero-order chi connectivity index (χ0) is 18.6. The molecule has 4 rings (SSSR count). The highest BCUT2D eigenvalue weighted by molar-refractivity contribution is 6.01. The highest BCUT2D eigenvalue weighted by Gasteiger charge is 2.56. The lowest BCUT2D eigenvalue weighted by Crippen LogP contribution is -2.42. The molecule has 0 aromatic heterocycles. The Morgan fingerprint density at radius 1 is 0.885 bits per heavy atom. The Hall–Kier alpha value is -3.02. The third-order valence-corrected chi connectivity index (χ3v) is 5.23. The largest absolute Gasteiger partial charge is 0.508 e. The topological polar surface area (TPSA) is 93.1 Å². The molecule has 2 heterocycles. The predicted molar refractivity (Wildman–Crippen MR) is 91.6 cm³/mol. The molecule has 0 aliphatic carbocycles. The Kier molecular flexibility index (Phi) is 3.47. The molecule has 0 bridgehead atoms. The van der Waals surface area contributed by atoms with Crippen LogP contribution < -0.4 is 9.47 Å². The highest BCUT2D eigenvalue weighted by Crippen LogP contribution is 2.54. The molecule has 0 saturated carbocycles. The van der Waals surface area contributed by atoms with Gasteiger partial charge in [0.15, 0.2) is 0 Å². The second kappa shape index (κ2) is 5.49. The number of carbonyl (C=O) groups is 2. The van der Waals surface area contributed by atoms with Crippen molar-refractivity contribution in [2.45, 2.75) is 38.5 Å². The van der Waals surface area contributed by atoms with E-state index in [-0.39, 0.29) is 29.4 Å². The van der Waals surface area contributed by atoms with E-state index in [2.05, 4.69) is 0 Å². The summed E-state index contributed by atoms with van der Waals surface area (Å²) in [5, 5.41) is 20.2. The molecule has 2 aliphatic rings. The number of esters is 2. The molecule has 2 aliphatic heterocycles. The maximum absolute atomic E-state index is 12.9. The Morgan fingerprint density at radius 2 is 1.38 bits per heavy atom. The van der Waals surface area contributed by atoms with Crippen molar-refractivity contribution in [2.24, 2.45) is 0 Å². The van der Waals surface area contributed by atoms with E-state index < -0.39 is 17.4 Å². The van der Waals surface area contributed by atoms with Crippen LogP contribution in [0, 0.1) is 0 Å². The Balaban J connectivity index is 2.04. The lowest BCUT2D eigenvalue weighted by atomic mass is 9.70. The maximum atomic E-state index is 12.9. The molecule has 1 atom stereocenters. The number of phenols is 2. The number of ether oxygens (including phenoxy) is 2. The minimum Gasteiger partial charge on any atom is -0.508 e. The smallest absolute Gasteiger partial charge is 0.327 e. The summed E-state index contributed by atoms with van der Waals surface area (Å²) in [6.45, 7) is 3.78. The van der Waals surface area contributed by atoms with Gasteiger partial charge in [-0.3, -0.25) is 9.59 Å². The molecule has 1 unspecified atom stereocenters. The molecule has 2 aromatic rings. The van der Waals surface area contributed by atoms with Crippen LogP contribution >= 0.6 is 0 Å². The van der Waals surface area contributed by atoms with Gasteiger partial charge in [0.1, 0.15) is 28.4 Å². The quantitative estimate of drug-likeness (QED) is 0.636. The van der Waals surface area contributed by atoms with Crippen molar-refractivity contribution in [1.82, 2.24) is 0 Å². The fourth-order valence-electron chi connectivity index (χ4n) is 3.82. The van der Waals surface area contributed by atoms with Crippen LogP contribution in [-0.2, 0) is 27.8 Å². The zero-order valence-electron chi connectivity index (χ0n) is 14.5. The van der Waals surface area contributed by atoms with Gasteiger partial charge in [0.2, 0.25) is 0 Å². The SMILES string of the molecule is CCc1cc2c(cc1O)OC(=O)CC21C(=O)Oc2cc(O)c(CC)cc21. The van der Waals surface area contributed by atoms with Crippen molar-refractivity contribution < 1.29 is 29.3 Å². The minimum atomic E-state index is -1.32. The summed E-state index contributed by atoms with van der Waals surface area (Å²) in [7, 11) is 0. The lowest BCUT2D eigenvalue weighted by Gasteiger charge is -2.32. The molecular weight excluding hydrogens is 336 g/mol. The zero-order valence-corrected chi connectivity index (χ0v) is 14.5. The molecule has 134 valence electrons. The first kappa shape index (κ1) is 16.4. The van der Waals surface area contributed by atoms with E-state index in [1.54, 1.807) is 12.1 Å². The standard InChI is InChI=1S/C20H18O6/c1-3-10-5-12-16(7-14(10)21)25-18(23)9-20(12)13-6-11(4-2)15(22)8-17(13)26-19(20)24/h5-8,21-22H,3-4,9H2,1-2H3. The average Bonchev–Trinajstić information content (AvgIpc) is 2.85. The van der Waals surface area contributed by atoms with Gasteiger partial charge in [-0.25, -0.2) is 0 Å². The summed E-state index contributed by atoms with van der Waals surface area (Å²) >= 11 is 0. The predicted octanol–water partition coefficient (Wildman–Crippen LogP) is 2.74. The van der Waals surface area contributed by atoms with Gasteiger partial charge in [-0.15, -0.1) is 0 Å². The van der Waals surface area contributed by atoms with Crippen molar-refractivity contribution in [2.75, 3.05) is 0 Å². The molecule has 1 spiro atoms.